The molecule has 1 heterocycles. The van der Waals surface area contributed by atoms with Crippen molar-refractivity contribution in [2.24, 2.45) is 11.8 Å². The molecule has 1 aliphatic heterocycles. The topological polar surface area (TPSA) is 49.4 Å². The number of anilines is 1. The first-order chi connectivity index (χ1) is 9.97. The summed E-state index contributed by atoms with van der Waals surface area (Å²) in [6, 6.07) is 7.82. The van der Waals surface area contributed by atoms with Crippen molar-refractivity contribution in [1.82, 2.24) is 4.90 Å². The molecule has 0 bridgehead atoms. The van der Waals surface area contributed by atoms with Crippen molar-refractivity contribution < 1.29 is 9.59 Å². The van der Waals surface area contributed by atoms with Crippen LogP contribution in [0, 0.1) is 18.8 Å². The summed E-state index contributed by atoms with van der Waals surface area (Å²) in [6.45, 7) is 7.20. The monoisotopic (exact) mass is 288 g/mol. The molecule has 0 aromatic heterocycles. The fraction of sp³-hybridized carbons (Fsp3) is 0.529. The molecule has 1 fully saturated rings. The van der Waals surface area contributed by atoms with Crippen molar-refractivity contribution in [3.63, 3.8) is 0 Å². The summed E-state index contributed by atoms with van der Waals surface area (Å²) in [7, 11) is 0. The lowest BCUT2D eigenvalue weighted by Gasteiger charge is -2.32. The Bertz CT molecular complexity index is 517. The second kappa shape index (κ2) is 6.74. The van der Waals surface area contributed by atoms with E-state index in [9.17, 15) is 9.59 Å². The van der Waals surface area contributed by atoms with Gasteiger partial charge in [0.2, 0.25) is 11.8 Å². The SMILES string of the molecule is Cc1cccc(NC(=O)C2CCN(C(=O)C(C)C)CC2)c1. The zero-order valence-corrected chi connectivity index (χ0v) is 13.1. The Morgan fingerprint density at radius 3 is 2.48 bits per heavy atom. The maximum atomic E-state index is 12.3. The van der Waals surface area contributed by atoms with E-state index in [2.05, 4.69) is 5.32 Å². The van der Waals surface area contributed by atoms with Crippen molar-refractivity contribution in [3.8, 4) is 0 Å². The lowest BCUT2D eigenvalue weighted by atomic mass is 9.95. The Kier molecular flexibility index (Phi) is 4.99. The van der Waals surface area contributed by atoms with Gasteiger partial charge in [0.25, 0.3) is 0 Å². The zero-order chi connectivity index (χ0) is 15.4. The van der Waals surface area contributed by atoms with Gasteiger partial charge in [0.05, 0.1) is 0 Å². The Morgan fingerprint density at radius 2 is 1.90 bits per heavy atom. The van der Waals surface area contributed by atoms with Crippen molar-refractivity contribution in [3.05, 3.63) is 29.8 Å². The summed E-state index contributed by atoms with van der Waals surface area (Å²) >= 11 is 0. The molecule has 1 aromatic carbocycles. The standard InChI is InChI=1S/C17H24N2O2/c1-12(2)17(21)19-9-7-14(8-10-19)16(20)18-15-6-4-5-13(3)11-15/h4-6,11-12,14H,7-10H2,1-3H3,(H,18,20). The Morgan fingerprint density at radius 1 is 1.24 bits per heavy atom. The van der Waals surface area contributed by atoms with Crippen LogP contribution in [0.2, 0.25) is 0 Å². The fourth-order valence-corrected chi connectivity index (χ4v) is 2.69. The fourth-order valence-electron chi connectivity index (χ4n) is 2.69. The maximum Gasteiger partial charge on any atom is 0.227 e. The van der Waals surface area contributed by atoms with Crippen LogP contribution in [0.15, 0.2) is 24.3 Å². The van der Waals surface area contributed by atoms with E-state index in [0.717, 1.165) is 24.1 Å². The minimum Gasteiger partial charge on any atom is -0.342 e. The second-order valence-electron chi connectivity index (χ2n) is 6.11. The van der Waals surface area contributed by atoms with Gasteiger partial charge >= 0.3 is 0 Å². The zero-order valence-electron chi connectivity index (χ0n) is 13.1. The van der Waals surface area contributed by atoms with E-state index < -0.39 is 0 Å². The van der Waals surface area contributed by atoms with Crippen LogP contribution >= 0.6 is 0 Å². The van der Waals surface area contributed by atoms with Gasteiger partial charge in [-0.2, -0.15) is 0 Å². The highest BCUT2D eigenvalue weighted by Gasteiger charge is 2.28. The second-order valence-corrected chi connectivity index (χ2v) is 6.11. The average Bonchev–Trinajstić information content (AvgIpc) is 2.46. The number of nitrogens with zero attached hydrogens (tertiary/aromatic N) is 1. The molecule has 0 unspecified atom stereocenters. The lowest BCUT2D eigenvalue weighted by molar-refractivity contribution is -0.137. The van der Waals surface area contributed by atoms with Crippen LogP contribution in [0.5, 0.6) is 0 Å². The lowest BCUT2D eigenvalue weighted by Crippen LogP contribution is -2.43. The molecule has 1 saturated heterocycles. The summed E-state index contributed by atoms with van der Waals surface area (Å²) in [5, 5.41) is 2.98. The maximum absolute atomic E-state index is 12.3. The van der Waals surface area contributed by atoms with Crippen molar-refractivity contribution in [2.45, 2.75) is 33.6 Å². The summed E-state index contributed by atoms with van der Waals surface area (Å²) in [4.78, 5) is 26.1. The van der Waals surface area contributed by atoms with Crippen LogP contribution in [-0.4, -0.2) is 29.8 Å². The third-order valence-electron chi connectivity index (χ3n) is 3.96. The molecule has 1 aromatic rings. The molecule has 1 N–H and O–H groups in total. The molecule has 4 nitrogen and oxygen atoms in total. The van der Waals surface area contributed by atoms with Gasteiger partial charge in [-0.15, -0.1) is 0 Å². The number of rotatable bonds is 3. The molecule has 114 valence electrons. The van der Waals surface area contributed by atoms with Crippen LogP contribution in [0.3, 0.4) is 0 Å². The van der Waals surface area contributed by atoms with Crippen molar-refractivity contribution >= 4 is 17.5 Å². The first-order valence-corrected chi connectivity index (χ1v) is 7.63. The summed E-state index contributed by atoms with van der Waals surface area (Å²) in [5.41, 5.74) is 1.98. The number of amides is 2. The van der Waals surface area contributed by atoms with Gasteiger partial charge in [-0.1, -0.05) is 26.0 Å². The number of benzene rings is 1. The normalized spacial score (nSPS) is 16.1. The molecule has 1 aliphatic rings. The Labute approximate surface area is 126 Å². The molecule has 2 rings (SSSR count). The number of piperidine rings is 1. The molecule has 0 saturated carbocycles. The molecule has 2 amide bonds. The van der Waals surface area contributed by atoms with Crippen LogP contribution in [0.4, 0.5) is 5.69 Å². The van der Waals surface area contributed by atoms with Crippen LogP contribution in [-0.2, 0) is 9.59 Å². The van der Waals surface area contributed by atoms with E-state index in [1.807, 2.05) is 49.9 Å². The summed E-state index contributed by atoms with van der Waals surface area (Å²) < 4.78 is 0. The van der Waals surface area contributed by atoms with Gasteiger partial charge in [0, 0.05) is 30.6 Å². The number of nitrogens with one attached hydrogen (secondary N) is 1. The Hall–Kier alpha value is -1.84. The quantitative estimate of drug-likeness (QED) is 0.929. The number of likely N-dealkylation sites (tertiary alicyclic amines) is 1. The molecule has 0 atom stereocenters. The smallest absolute Gasteiger partial charge is 0.227 e. The van der Waals surface area contributed by atoms with E-state index in [0.29, 0.717) is 13.1 Å². The van der Waals surface area contributed by atoms with Gasteiger partial charge in [-0.3, -0.25) is 9.59 Å². The molecule has 0 radical (unpaired) electrons. The highest BCUT2D eigenvalue weighted by molar-refractivity contribution is 5.92. The third kappa shape index (κ3) is 4.06. The molecule has 21 heavy (non-hydrogen) atoms. The van der Waals surface area contributed by atoms with Gasteiger partial charge in [-0.25, -0.2) is 0 Å². The number of carbonyl (C=O) groups excluding carboxylic acids is 2. The van der Waals surface area contributed by atoms with Gasteiger partial charge in [-0.05, 0) is 37.5 Å². The first-order valence-electron chi connectivity index (χ1n) is 7.63. The van der Waals surface area contributed by atoms with Crippen molar-refractivity contribution in [2.75, 3.05) is 18.4 Å². The largest absolute Gasteiger partial charge is 0.342 e. The minimum atomic E-state index is 0.00160. The molecule has 0 aliphatic carbocycles. The molecular weight excluding hydrogens is 264 g/mol. The average molecular weight is 288 g/mol. The molecule has 0 spiro atoms. The number of hydrogen-bond acceptors (Lipinski definition) is 2. The predicted octanol–water partition coefficient (Wildman–Crippen LogP) is 2.83. The summed E-state index contributed by atoms with van der Waals surface area (Å²) in [5.74, 6) is 0.286. The van der Waals surface area contributed by atoms with E-state index in [-0.39, 0.29) is 23.7 Å². The highest BCUT2D eigenvalue weighted by atomic mass is 16.2. The van der Waals surface area contributed by atoms with Gasteiger partial charge in [0.1, 0.15) is 0 Å². The summed E-state index contributed by atoms with van der Waals surface area (Å²) in [6.07, 6.45) is 1.49. The van der Waals surface area contributed by atoms with E-state index in [1.165, 1.54) is 0 Å². The van der Waals surface area contributed by atoms with Gasteiger partial charge < -0.3 is 10.2 Å². The van der Waals surface area contributed by atoms with E-state index in [4.69, 9.17) is 0 Å². The van der Waals surface area contributed by atoms with Crippen LogP contribution in [0.1, 0.15) is 32.3 Å². The van der Waals surface area contributed by atoms with E-state index in [1.54, 1.807) is 0 Å². The number of carbonyl (C=O) groups is 2. The first kappa shape index (κ1) is 15.5. The van der Waals surface area contributed by atoms with Crippen molar-refractivity contribution in [1.29, 1.82) is 0 Å². The number of aryl methyl sites for hydroxylation is 1. The predicted molar refractivity (Wildman–Crippen MR) is 84.0 cm³/mol. The highest BCUT2D eigenvalue weighted by Crippen LogP contribution is 2.21. The molecule has 4 heteroatoms. The number of hydrogen-bond donors (Lipinski definition) is 1. The van der Waals surface area contributed by atoms with Crippen LogP contribution in [0.25, 0.3) is 0 Å². The van der Waals surface area contributed by atoms with Crippen LogP contribution < -0.4 is 5.32 Å². The minimum absolute atomic E-state index is 0.00160. The van der Waals surface area contributed by atoms with E-state index >= 15 is 0 Å². The Balaban J connectivity index is 1.87. The van der Waals surface area contributed by atoms with Gasteiger partial charge in [0.15, 0.2) is 0 Å². The third-order valence-corrected chi connectivity index (χ3v) is 3.96. The molecular formula is C17H24N2O2.